The number of aliphatic carboxylic acids is 1. The molecule has 0 fully saturated rings. The molecule has 182 valence electrons. The zero-order valence-corrected chi connectivity index (χ0v) is 22.3. The second-order valence-corrected chi connectivity index (χ2v) is 8.16. The van der Waals surface area contributed by atoms with E-state index in [4.69, 9.17) is 0 Å². The summed E-state index contributed by atoms with van der Waals surface area (Å²) in [7, 11) is 0. The van der Waals surface area contributed by atoms with Crippen LogP contribution in [0.2, 0.25) is 0 Å². The number of hydrogen-bond donors (Lipinski definition) is 0. The Morgan fingerprint density at radius 2 is 1.37 bits per heavy atom. The summed E-state index contributed by atoms with van der Waals surface area (Å²) in [6, 6.07) is 11.3. The topological polar surface area (TPSA) is 60.4 Å². The average molecular weight is 496 g/mol. The first-order chi connectivity index (χ1) is 16.2. The van der Waals surface area contributed by atoms with Gasteiger partial charge in [-0.3, -0.25) is 4.79 Å². The summed E-state index contributed by atoms with van der Waals surface area (Å²) >= 11 is 0. The molecular formula is C27H29F3NNaO3. The molecule has 0 unspecified atom stereocenters. The molecule has 0 atom stereocenters. The largest absolute Gasteiger partial charge is 1.00 e. The summed E-state index contributed by atoms with van der Waals surface area (Å²) in [4.78, 5) is 24.3. The van der Waals surface area contributed by atoms with E-state index in [9.17, 15) is 27.9 Å². The van der Waals surface area contributed by atoms with E-state index in [0.717, 1.165) is 35.4 Å². The van der Waals surface area contributed by atoms with Crippen LogP contribution in [0.1, 0.15) is 74.1 Å². The molecule has 1 amide bonds. The quantitative estimate of drug-likeness (QED) is 0.220. The Bertz CT molecular complexity index is 994. The number of carbonyl (C=O) groups excluding carboxylic acids is 2. The second kappa shape index (κ2) is 15.7. The van der Waals surface area contributed by atoms with Crippen molar-refractivity contribution in [1.82, 2.24) is 4.90 Å². The minimum absolute atomic E-state index is 0. The number of rotatable bonds is 10. The molecule has 0 aliphatic carbocycles. The van der Waals surface area contributed by atoms with Gasteiger partial charge < -0.3 is 14.8 Å². The van der Waals surface area contributed by atoms with Crippen LogP contribution in [0.3, 0.4) is 0 Å². The summed E-state index contributed by atoms with van der Waals surface area (Å²) in [6.45, 7) is 2.00. The fourth-order valence-electron chi connectivity index (χ4n) is 3.42. The molecule has 35 heavy (non-hydrogen) atoms. The molecule has 0 bridgehead atoms. The minimum atomic E-state index is -4.47. The number of nitrogens with zero attached hydrogens (tertiary/aromatic N) is 1. The first-order valence-corrected chi connectivity index (χ1v) is 11.4. The number of unbranched alkanes of at least 4 members (excludes halogenated alkanes) is 6. The van der Waals surface area contributed by atoms with Crippen molar-refractivity contribution in [3.05, 3.63) is 70.8 Å². The SMILES string of the molecule is CCCCCCCCC#Cc1ccc(CN(Cc2ccc(C(F)(F)F)cc2)C(=O)C(=O)[O-])cc1.[Na+]. The molecule has 0 aliphatic heterocycles. The van der Waals surface area contributed by atoms with Crippen LogP contribution >= 0.6 is 0 Å². The van der Waals surface area contributed by atoms with Gasteiger partial charge in [0.2, 0.25) is 0 Å². The van der Waals surface area contributed by atoms with Crippen molar-refractivity contribution < 1.29 is 57.4 Å². The predicted molar refractivity (Wildman–Crippen MR) is 122 cm³/mol. The van der Waals surface area contributed by atoms with Crippen LogP contribution < -0.4 is 34.7 Å². The molecule has 0 aromatic heterocycles. The third kappa shape index (κ3) is 11.3. The maximum absolute atomic E-state index is 12.7. The molecule has 0 heterocycles. The van der Waals surface area contributed by atoms with Gasteiger partial charge in [-0.1, -0.05) is 75.1 Å². The van der Waals surface area contributed by atoms with Crippen molar-refractivity contribution in [1.29, 1.82) is 0 Å². The Kier molecular flexibility index (Phi) is 13.8. The van der Waals surface area contributed by atoms with Gasteiger partial charge in [0.15, 0.2) is 0 Å². The Morgan fingerprint density at radius 3 is 1.89 bits per heavy atom. The number of carboxylic acids is 1. The van der Waals surface area contributed by atoms with E-state index in [1.807, 2.05) is 0 Å². The molecule has 0 saturated heterocycles. The number of carboxylic acid groups (broad SMARTS) is 1. The van der Waals surface area contributed by atoms with Crippen LogP contribution in [0, 0.1) is 11.8 Å². The predicted octanol–water partition coefficient (Wildman–Crippen LogP) is 2.09. The van der Waals surface area contributed by atoms with Gasteiger partial charge in [0, 0.05) is 25.1 Å². The van der Waals surface area contributed by atoms with Crippen LogP contribution in [0.15, 0.2) is 48.5 Å². The third-order valence-corrected chi connectivity index (χ3v) is 5.33. The molecule has 2 aromatic rings. The smallest absolute Gasteiger partial charge is 0.540 e. The van der Waals surface area contributed by atoms with Crippen molar-refractivity contribution >= 4 is 11.9 Å². The van der Waals surface area contributed by atoms with E-state index in [2.05, 4.69) is 18.8 Å². The van der Waals surface area contributed by atoms with Crippen molar-refractivity contribution in [2.75, 3.05) is 0 Å². The normalized spacial score (nSPS) is 10.6. The molecule has 2 aromatic carbocycles. The van der Waals surface area contributed by atoms with Crippen LogP contribution in [0.25, 0.3) is 0 Å². The van der Waals surface area contributed by atoms with Crippen molar-refractivity contribution in [3.8, 4) is 11.8 Å². The summed E-state index contributed by atoms with van der Waals surface area (Å²) in [5.74, 6) is 3.15. The van der Waals surface area contributed by atoms with E-state index in [-0.39, 0.29) is 42.6 Å². The van der Waals surface area contributed by atoms with E-state index < -0.39 is 23.6 Å². The maximum Gasteiger partial charge on any atom is 1.00 e. The standard InChI is InChI=1S/C27H30F3NO3.Na/c1-2-3-4-5-6-7-8-9-10-21-11-13-22(14-12-21)19-31(25(32)26(33)34)20-23-15-17-24(18-16-23)27(28,29)30;/h11-18H,2-8,19-20H2,1H3,(H,33,34);/q;+1/p-1. The summed E-state index contributed by atoms with van der Waals surface area (Å²) in [5.41, 5.74) is 1.04. The van der Waals surface area contributed by atoms with E-state index in [0.29, 0.717) is 11.1 Å². The first kappa shape index (κ1) is 30.8. The van der Waals surface area contributed by atoms with E-state index in [1.54, 1.807) is 24.3 Å². The molecule has 0 radical (unpaired) electrons. The Hall–Kier alpha value is -2.27. The monoisotopic (exact) mass is 495 g/mol. The molecule has 0 saturated carbocycles. The van der Waals surface area contributed by atoms with Gasteiger partial charge in [0.25, 0.3) is 5.91 Å². The summed E-state index contributed by atoms with van der Waals surface area (Å²) < 4.78 is 38.2. The Balaban J connectivity index is 0.00000612. The van der Waals surface area contributed by atoms with E-state index >= 15 is 0 Å². The van der Waals surface area contributed by atoms with Gasteiger partial charge in [0.1, 0.15) is 5.97 Å². The molecule has 0 N–H and O–H groups in total. The summed E-state index contributed by atoms with van der Waals surface area (Å²) in [6.07, 6.45) is 3.60. The number of benzene rings is 2. The van der Waals surface area contributed by atoms with Gasteiger partial charge in [0.05, 0.1) is 5.56 Å². The second-order valence-electron chi connectivity index (χ2n) is 8.16. The minimum Gasteiger partial charge on any atom is -0.540 e. The molecule has 8 heteroatoms. The number of amides is 1. The number of carbonyl (C=O) groups is 2. The zero-order valence-electron chi connectivity index (χ0n) is 20.3. The fourth-order valence-corrected chi connectivity index (χ4v) is 3.42. The van der Waals surface area contributed by atoms with Crippen LogP contribution in [0.4, 0.5) is 13.2 Å². The molecule has 0 spiro atoms. The fraction of sp³-hybridized carbons (Fsp3) is 0.407. The molecular weight excluding hydrogens is 466 g/mol. The van der Waals surface area contributed by atoms with Crippen molar-refractivity contribution in [2.45, 2.75) is 71.1 Å². The molecule has 2 rings (SSSR count). The van der Waals surface area contributed by atoms with Gasteiger partial charge >= 0.3 is 35.7 Å². The van der Waals surface area contributed by atoms with Gasteiger partial charge in [-0.2, -0.15) is 13.2 Å². The van der Waals surface area contributed by atoms with Crippen molar-refractivity contribution in [2.24, 2.45) is 0 Å². The Morgan fingerprint density at radius 1 is 0.857 bits per heavy atom. The third-order valence-electron chi connectivity index (χ3n) is 5.33. The Labute approximate surface area is 227 Å². The van der Waals surface area contributed by atoms with E-state index in [1.165, 1.54) is 44.2 Å². The molecule has 4 nitrogen and oxygen atoms in total. The summed E-state index contributed by atoms with van der Waals surface area (Å²) in [5, 5.41) is 11.1. The van der Waals surface area contributed by atoms with Crippen molar-refractivity contribution in [3.63, 3.8) is 0 Å². The van der Waals surface area contributed by atoms with Gasteiger partial charge in [-0.05, 0) is 41.8 Å². The van der Waals surface area contributed by atoms with Gasteiger partial charge in [-0.25, -0.2) is 0 Å². The van der Waals surface area contributed by atoms with Crippen LogP contribution in [-0.4, -0.2) is 16.8 Å². The average Bonchev–Trinajstić information content (AvgIpc) is 2.80. The number of halogens is 3. The number of hydrogen-bond acceptors (Lipinski definition) is 3. The van der Waals surface area contributed by atoms with Gasteiger partial charge in [-0.15, -0.1) is 0 Å². The maximum atomic E-state index is 12.7. The first-order valence-electron chi connectivity index (χ1n) is 11.4. The zero-order chi connectivity index (χ0) is 25.0. The van der Waals surface area contributed by atoms with Crippen LogP contribution in [-0.2, 0) is 28.9 Å². The number of alkyl halides is 3. The molecule has 0 aliphatic rings. The van der Waals surface area contributed by atoms with Crippen LogP contribution in [0.5, 0.6) is 0 Å².